The van der Waals surface area contributed by atoms with Crippen LogP contribution in [0.15, 0.2) is 0 Å². The Morgan fingerprint density at radius 1 is 1.14 bits per heavy atom. The first-order chi connectivity index (χ1) is 10.0. The van der Waals surface area contributed by atoms with Gasteiger partial charge in [0, 0.05) is 31.5 Å². The highest BCUT2D eigenvalue weighted by Gasteiger charge is 2.36. The molecule has 1 heterocycles. The van der Waals surface area contributed by atoms with E-state index in [1.807, 2.05) is 0 Å². The van der Waals surface area contributed by atoms with Crippen molar-refractivity contribution in [1.29, 1.82) is 0 Å². The number of nitrogens with zero attached hydrogens (tertiary/aromatic N) is 2. The molecule has 0 aromatic rings. The molecule has 1 saturated heterocycles. The van der Waals surface area contributed by atoms with Crippen LogP contribution in [-0.4, -0.2) is 65.9 Å². The molecule has 21 heavy (non-hydrogen) atoms. The van der Waals surface area contributed by atoms with Gasteiger partial charge in [0.05, 0.1) is 13.2 Å². The molecule has 0 radical (unpaired) electrons. The molecule has 2 rings (SSSR count). The van der Waals surface area contributed by atoms with Crippen LogP contribution in [0.5, 0.6) is 0 Å². The zero-order valence-corrected chi connectivity index (χ0v) is 12.0. The van der Waals surface area contributed by atoms with Crippen LogP contribution in [0.2, 0.25) is 0 Å². The van der Waals surface area contributed by atoms with E-state index >= 15 is 0 Å². The van der Waals surface area contributed by atoms with E-state index < -0.39 is 13.0 Å². The number of piperidine rings is 1. The number of rotatable bonds is 6. The summed E-state index contributed by atoms with van der Waals surface area (Å²) in [6.45, 7) is 0.0171. The molecule has 1 N–H and O–H groups in total. The second-order valence-corrected chi connectivity index (χ2v) is 5.77. The van der Waals surface area contributed by atoms with Crippen molar-refractivity contribution in [2.75, 3.05) is 32.8 Å². The van der Waals surface area contributed by atoms with Crippen molar-refractivity contribution >= 4 is 11.8 Å². The maximum absolute atomic E-state index is 12.5. The van der Waals surface area contributed by atoms with E-state index in [1.54, 1.807) is 4.90 Å². The average molecular weight is 304 g/mol. The quantitative estimate of drug-likeness (QED) is 0.786. The normalized spacial score (nSPS) is 19.9. The summed E-state index contributed by atoms with van der Waals surface area (Å²) < 4.78 is 24.9. The lowest BCUT2D eigenvalue weighted by molar-refractivity contribution is -0.142. The van der Waals surface area contributed by atoms with E-state index in [1.165, 1.54) is 0 Å². The molecular weight excluding hydrogens is 282 g/mol. The number of aliphatic hydroxyl groups excluding tert-OH is 1. The van der Waals surface area contributed by atoms with Crippen molar-refractivity contribution in [3.63, 3.8) is 0 Å². The SMILES string of the molecule is O=C(C1CC1)N1CCC(C(=O)N(CCO)CC(F)F)CC1. The van der Waals surface area contributed by atoms with Gasteiger partial charge in [0.1, 0.15) is 0 Å². The van der Waals surface area contributed by atoms with Gasteiger partial charge in [-0.3, -0.25) is 9.59 Å². The van der Waals surface area contributed by atoms with Gasteiger partial charge in [0.2, 0.25) is 11.8 Å². The molecule has 0 spiro atoms. The van der Waals surface area contributed by atoms with E-state index in [2.05, 4.69) is 0 Å². The monoisotopic (exact) mass is 304 g/mol. The van der Waals surface area contributed by atoms with Crippen LogP contribution in [0.4, 0.5) is 8.78 Å². The fraction of sp³-hybridized carbons (Fsp3) is 0.857. The number of hydrogen-bond acceptors (Lipinski definition) is 3. The summed E-state index contributed by atoms with van der Waals surface area (Å²) in [4.78, 5) is 27.0. The topological polar surface area (TPSA) is 60.9 Å². The molecule has 0 aromatic carbocycles. The van der Waals surface area contributed by atoms with Crippen LogP contribution in [0.1, 0.15) is 25.7 Å². The molecular formula is C14H22F2N2O3. The molecule has 2 fully saturated rings. The van der Waals surface area contributed by atoms with Crippen molar-refractivity contribution in [1.82, 2.24) is 9.80 Å². The van der Waals surface area contributed by atoms with Gasteiger partial charge in [0.15, 0.2) is 0 Å². The van der Waals surface area contributed by atoms with E-state index in [0.717, 1.165) is 17.7 Å². The van der Waals surface area contributed by atoms with Gasteiger partial charge < -0.3 is 14.9 Å². The second kappa shape index (κ2) is 7.15. The first kappa shape index (κ1) is 16.1. The molecule has 1 aliphatic heterocycles. The van der Waals surface area contributed by atoms with E-state index in [0.29, 0.717) is 25.9 Å². The number of aliphatic hydroxyl groups is 1. The Kier molecular flexibility index (Phi) is 5.50. The minimum absolute atomic E-state index is 0.0651. The Balaban J connectivity index is 1.84. The Labute approximate surface area is 122 Å². The number of hydrogen-bond donors (Lipinski definition) is 1. The van der Waals surface area contributed by atoms with Gasteiger partial charge in [-0.05, 0) is 25.7 Å². The second-order valence-electron chi connectivity index (χ2n) is 5.77. The molecule has 7 heteroatoms. The first-order valence-electron chi connectivity index (χ1n) is 7.49. The number of alkyl halides is 2. The van der Waals surface area contributed by atoms with E-state index in [4.69, 9.17) is 5.11 Å². The molecule has 0 bridgehead atoms. The van der Waals surface area contributed by atoms with Crippen molar-refractivity contribution in [2.45, 2.75) is 32.1 Å². The highest BCUT2D eigenvalue weighted by molar-refractivity contribution is 5.82. The highest BCUT2D eigenvalue weighted by atomic mass is 19.3. The third-order valence-corrected chi connectivity index (χ3v) is 4.12. The van der Waals surface area contributed by atoms with Crippen LogP contribution in [-0.2, 0) is 9.59 Å². The van der Waals surface area contributed by atoms with Gasteiger partial charge in [-0.25, -0.2) is 8.78 Å². The smallest absolute Gasteiger partial charge is 0.255 e. The predicted octanol–water partition coefficient (Wildman–Crippen LogP) is 0.721. The Morgan fingerprint density at radius 2 is 1.76 bits per heavy atom. The van der Waals surface area contributed by atoms with Crippen LogP contribution in [0, 0.1) is 11.8 Å². The average Bonchev–Trinajstić information content (AvgIpc) is 3.30. The predicted molar refractivity (Wildman–Crippen MR) is 71.7 cm³/mol. The standard InChI is InChI=1S/C14H22F2N2O3/c15-12(16)9-18(7-8-19)14(21)11-3-5-17(6-4-11)13(20)10-1-2-10/h10-12,19H,1-9H2. The molecule has 0 atom stereocenters. The lowest BCUT2D eigenvalue weighted by Gasteiger charge is -2.34. The third kappa shape index (κ3) is 4.36. The largest absolute Gasteiger partial charge is 0.395 e. The molecule has 2 aliphatic rings. The van der Waals surface area contributed by atoms with Crippen LogP contribution in [0.3, 0.4) is 0 Å². The van der Waals surface area contributed by atoms with Gasteiger partial charge in [-0.15, -0.1) is 0 Å². The van der Waals surface area contributed by atoms with Gasteiger partial charge >= 0.3 is 0 Å². The van der Waals surface area contributed by atoms with Crippen molar-refractivity contribution in [2.24, 2.45) is 11.8 Å². The fourth-order valence-corrected chi connectivity index (χ4v) is 2.77. The lowest BCUT2D eigenvalue weighted by Crippen LogP contribution is -2.46. The molecule has 5 nitrogen and oxygen atoms in total. The first-order valence-corrected chi connectivity index (χ1v) is 7.49. The molecule has 120 valence electrons. The summed E-state index contributed by atoms with van der Waals surface area (Å²) in [7, 11) is 0. The minimum Gasteiger partial charge on any atom is -0.395 e. The summed E-state index contributed by atoms with van der Waals surface area (Å²) in [6, 6.07) is 0. The minimum atomic E-state index is -2.60. The summed E-state index contributed by atoms with van der Waals surface area (Å²) in [6.07, 6.45) is 0.342. The Morgan fingerprint density at radius 3 is 2.24 bits per heavy atom. The van der Waals surface area contributed by atoms with Crippen molar-refractivity contribution < 1.29 is 23.5 Å². The maximum Gasteiger partial charge on any atom is 0.255 e. The molecule has 1 aliphatic carbocycles. The molecule has 0 unspecified atom stereocenters. The van der Waals surface area contributed by atoms with Gasteiger partial charge in [-0.1, -0.05) is 0 Å². The zero-order valence-electron chi connectivity index (χ0n) is 12.0. The van der Waals surface area contributed by atoms with Crippen LogP contribution in [0.25, 0.3) is 0 Å². The third-order valence-electron chi connectivity index (χ3n) is 4.12. The Hall–Kier alpha value is -1.24. The number of likely N-dealkylation sites (tertiary alicyclic amines) is 1. The maximum atomic E-state index is 12.5. The summed E-state index contributed by atoms with van der Waals surface area (Å²) in [5.41, 5.74) is 0. The molecule has 2 amide bonds. The molecule has 1 saturated carbocycles. The summed E-state index contributed by atoms with van der Waals surface area (Å²) >= 11 is 0. The van der Waals surface area contributed by atoms with Crippen LogP contribution < -0.4 is 0 Å². The lowest BCUT2D eigenvalue weighted by atomic mass is 9.95. The fourth-order valence-electron chi connectivity index (χ4n) is 2.77. The Bertz CT molecular complexity index is 380. The van der Waals surface area contributed by atoms with Crippen molar-refractivity contribution in [3.8, 4) is 0 Å². The van der Waals surface area contributed by atoms with E-state index in [9.17, 15) is 18.4 Å². The summed E-state index contributed by atoms with van der Waals surface area (Å²) in [5, 5.41) is 8.89. The van der Waals surface area contributed by atoms with Crippen LogP contribution >= 0.6 is 0 Å². The van der Waals surface area contributed by atoms with Gasteiger partial charge in [-0.2, -0.15) is 0 Å². The highest BCUT2D eigenvalue weighted by Crippen LogP contribution is 2.32. The number of carbonyl (C=O) groups is 2. The summed E-state index contributed by atoms with van der Waals surface area (Å²) in [5.74, 6) is -0.316. The number of amides is 2. The van der Waals surface area contributed by atoms with Gasteiger partial charge in [0.25, 0.3) is 6.43 Å². The number of carbonyl (C=O) groups excluding carboxylic acids is 2. The zero-order chi connectivity index (χ0) is 15.4. The molecule has 0 aromatic heterocycles. The number of halogens is 2. The van der Waals surface area contributed by atoms with E-state index in [-0.39, 0.29) is 36.8 Å². The van der Waals surface area contributed by atoms with Crippen molar-refractivity contribution in [3.05, 3.63) is 0 Å².